The molecule has 0 atom stereocenters. The largest absolute Gasteiger partial charge is 0.490 e. The number of carboxylic acids is 1. The zero-order chi connectivity index (χ0) is 17.4. The van der Waals surface area contributed by atoms with E-state index >= 15 is 0 Å². The van der Waals surface area contributed by atoms with Crippen LogP contribution in [-0.4, -0.2) is 23.1 Å². The van der Waals surface area contributed by atoms with Crippen LogP contribution >= 0.6 is 0 Å². The van der Waals surface area contributed by atoms with Crippen LogP contribution in [0.3, 0.4) is 0 Å². The number of rotatable bonds is 3. The Labute approximate surface area is 145 Å². The molecular formula is C20H19NO4. The topological polar surface area (TPSA) is 75.6 Å². The summed E-state index contributed by atoms with van der Waals surface area (Å²) in [4.78, 5) is 23.9. The van der Waals surface area contributed by atoms with Crippen LogP contribution in [-0.2, 0) is 10.2 Å². The molecule has 5 heteroatoms. The van der Waals surface area contributed by atoms with E-state index in [1.165, 1.54) is 6.07 Å². The molecule has 128 valence electrons. The molecule has 1 spiro atoms. The molecular weight excluding hydrogens is 318 g/mol. The highest BCUT2D eigenvalue weighted by Gasteiger charge is 2.49. The Morgan fingerprint density at radius 1 is 1.12 bits per heavy atom. The Balaban J connectivity index is 1.56. The number of ether oxygens (including phenoxy) is 1. The number of hydrogen-bond donors (Lipinski definition) is 2. The van der Waals surface area contributed by atoms with E-state index in [2.05, 4.69) is 5.32 Å². The van der Waals surface area contributed by atoms with Crippen molar-refractivity contribution < 1.29 is 19.4 Å². The minimum absolute atomic E-state index is 0.0248. The highest BCUT2D eigenvalue weighted by molar-refractivity contribution is 6.07. The van der Waals surface area contributed by atoms with Gasteiger partial charge in [0.15, 0.2) is 0 Å². The molecule has 2 aliphatic rings. The number of hydrogen-bond acceptors (Lipinski definition) is 3. The second-order valence-electron chi connectivity index (χ2n) is 6.73. The first-order valence-corrected chi connectivity index (χ1v) is 8.49. The van der Waals surface area contributed by atoms with E-state index in [1.54, 1.807) is 12.1 Å². The molecule has 1 heterocycles. The molecule has 0 bridgehead atoms. The van der Waals surface area contributed by atoms with Crippen molar-refractivity contribution in [2.75, 3.05) is 5.32 Å². The summed E-state index contributed by atoms with van der Waals surface area (Å²) >= 11 is 0. The van der Waals surface area contributed by atoms with Gasteiger partial charge in [-0.05, 0) is 61.6 Å². The van der Waals surface area contributed by atoms with Gasteiger partial charge in [0, 0.05) is 5.69 Å². The van der Waals surface area contributed by atoms with Crippen molar-refractivity contribution in [3.05, 3.63) is 59.7 Å². The first kappa shape index (κ1) is 15.7. The monoisotopic (exact) mass is 337 g/mol. The lowest BCUT2D eigenvalue weighted by atomic mass is 9.69. The predicted octanol–water partition coefficient (Wildman–Crippen LogP) is 3.60. The molecule has 1 amide bonds. The third-order valence-electron chi connectivity index (χ3n) is 5.30. The number of benzene rings is 2. The molecule has 25 heavy (non-hydrogen) atoms. The zero-order valence-corrected chi connectivity index (χ0v) is 13.7. The standard InChI is InChI=1S/C20H19NO4/c22-18(23)13-6-7-17-16(12-13)20(19(24)21-17)10-8-15(9-11-20)25-14-4-2-1-3-5-14/h1-7,12,15H,8-11H2,(H,21,24)(H,22,23). The lowest BCUT2D eigenvalue weighted by Crippen LogP contribution is -2.40. The fourth-order valence-corrected chi connectivity index (χ4v) is 3.94. The molecule has 0 aromatic heterocycles. The Hall–Kier alpha value is -2.82. The van der Waals surface area contributed by atoms with Gasteiger partial charge in [-0.25, -0.2) is 4.79 Å². The van der Waals surface area contributed by atoms with E-state index in [-0.39, 0.29) is 17.6 Å². The summed E-state index contributed by atoms with van der Waals surface area (Å²) in [5, 5.41) is 12.2. The van der Waals surface area contributed by atoms with E-state index < -0.39 is 11.4 Å². The maximum atomic E-state index is 12.7. The quantitative estimate of drug-likeness (QED) is 0.897. The van der Waals surface area contributed by atoms with E-state index in [1.807, 2.05) is 30.3 Å². The van der Waals surface area contributed by atoms with Gasteiger partial charge in [-0.3, -0.25) is 4.79 Å². The van der Waals surface area contributed by atoms with Crippen LogP contribution in [0.2, 0.25) is 0 Å². The van der Waals surface area contributed by atoms with Gasteiger partial charge >= 0.3 is 5.97 Å². The lowest BCUT2D eigenvalue weighted by Gasteiger charge is -2.35. The zero-order valence-electron chi connectivity index (χ0n) is 13.7. The summed E-state index contributed by atoms with van der Waals surface area (Å²) < 4.78 is 6.02. The SMILES string of the molecule is O=C(O)c1ccc2c(c1)C1(CCC(Oc3ccccc3)CC1)C(=O)N2. The third kappa shape index (κ3) is 2.65. The van der Waals surface area contributed by atoms with E-state index in [9.17, 15) is 14.7 Å². The average molecular weight is 337 g/mol. The van der Waals surface area contributed by atoms with Crippen LogP contribution in [0.25, 0.3) is 0 Å². The molecule has 1 aliphatic heterocycles. The van der Waals surface area contributed by atoms with Gasteiger partial charge in [0.25, 0.3) is 0 Å². The number of carbonyl (C=O) groups excluding carboxylic acids is 1. The molecule has 1 aliphatic carbocycles. The number of carbonyl (C=O) groups is 2. The van der Waals surface area contributed by atoms with E-state index in [0.717, 1.165) is 29.8 Å². The summed E-state index contributed by atoms with van der Waals surface area (Å²) in [7, 11) is 0. The van der Waals surface area contributed by atoms with Gasteiger partial charge < -0.3 is 15.2 Å². The highest BCUT2D eigenvalue weighted by Crippen LogP contribution is 2.48. The summed E-state index contributed by atoms with van der Waals surface area (Å²) in [5.41, 5.74) is 1.14. The summed E-state index contributed by atoms with van der Waals surface area (Å²) in [6, 6.07) is 14.6. The number of fused-ring (bicyclic) bond motifs is 2. The molecule has 4 rings (SSSR count). The summed E-state index contributed by atoms with van der Waals surface area (Å²) in [6.07, 6.45) is 2.92. The van der Waals surface area contributed by atoms with E-state index in [0.29, 0.717) is 12.8 Å². The van der Waals surface area contributed by atoms with Gasteiger partial charge in [-0.2, -0.15) is 0 Å². The second kappa shape index (κ2) is 5.92. The normalized spacial score (nSPS) is 24.6. The van der Waals surface area contributed by atoms with Crippen LogP contribution in [0, 0.1) is 0 Å². The molecule has 1 saturated carbocycles. The Morgan fingerprint density at radius 2 is 1.84 bits per heavy atom. The van der Waals surface area contributed by atoms with Gasteiger partial charge in [0.1, 0.15) is 5.75 Å². The Kier molecular flexibility index (Phi) is 3.71. The molecule has 2 aromatic carbocycles. The first-order chi connectivity index (χ1) is 12.1. The molecule has 2 N–H and O–H groups in total. The first-order valence-electron chi connectivity index (χ1n) is 8.49. The van der Waals surface area contributed by atoms with Crippen molar-refractivity contribution in [3.8, 4) is 5.75 Å². The minimum Gasteiger partial charge on any atom is -0.490 e. The highest BCUT2D eigenvalue weighted by atomic mass is 16.5. The average Bonchev–Trinajstić information content (AvgIpc) is 2.89. The summed E-state index contributed by atoms with van der Waals surface area (Å²) in [6.45, 7) is 0. The molecule has 0 saturated heterocycles. The molecule has 0 unspecified atom stereocenters. The number of carboxylic acid groups (broad SMARTS) is 1. The maximum Gasteiger partial charge on any atom is 0.335 e. The third-order valence-corrected chi connectivity index (χ3v) is 5.30. The van der Waals surface area contributed by atoms with Gasteiger partial charge in [-0.15, -0.1) is 0 Å². The second-order valence-corrected chi connectivity index (χ2v) is 6.73. The predicted molar refractivity (Wildman–Crippen MR) is 93.0 cm³/mol. The van der Waals surface area contributed by atoms with Gasteiger partial charge in [-0.1, -0.05) is 18.2 Å². The van der Waals surface area contributed by atoms with Crippen LogP contribution in [0.5, 0.6) is 5.75 Å². The molecule has 1 fully saturated rings. The van der Waals surface area contributed by atoms with Crippen molar-refractivity contribution >= 4 is 17.6 Å². The van der Waals surface area contributed by atoms with Crippen LogP contribution in [0.4, 0.5) is 5.69 Å². The number of para-hydroxylation sites is 1. The van der Waals surface area contributed by atoms with Crippen molar-refractivity contribution in [1.82, 2.24) is 0 Å². The minimum atomic E-state index is -0.974. The van der Waals surface area contributed by atoms with Crippen molar-refractivity contribution in [2.45, 2.75) is 37.2 Å². The lowest BCUT2D eigenvalue weighted by molar-refractivity contribution is -0.122. The van der Waals surface area contributed by atoms with Crippen LogP contribution < -0.4 is 10.1 Å². The van der Waals surface area contributed by atoms with Crippen molar-refractivity contribution in [3.63, 3.8) is 0 Å². The molecule has 0 radical (unpaired) electrons. The summed E-state index contributed by atoms with van der Waals surface area (Å²) in [5.74, 6) is -0.158. The van der Waals surface area contributed by atoms with Crippen LogP contribution in [0.15, 0.2) is 48.5 Å². The molecule has 2 aromatic rings. The van der Waals surface area contributed by atoms with Crippen LogP contribution in [0.1, 0.15) is 41.6 Å². The van der Waals surface area contributed by atoms with E-state index in [4.69, 9.17) is 4.74 Å². The van der Waals surface area contributed by atoms with Gasteiger partial charge in [0.05, 0.1) is 17.1 Å². The maximum absolute atomic E-state index is 12.7. The number of anilines is 1. The van der Waals surface area contributed by atoms with Gasteiger partial charge in [0.2, 0.25) is 5.91 Å². The molecule has 5 nitrogen and oxygen atoms in total. The van der Waals surface area contributed by atoms with Crippen molar-refractivity contribution in [2.24, 2.45) is 0 Å². The fraction of sp³-hybridized carbons (Fsp3) is 0.300. The fourth-order valence-electron chi connectivity index (χ4n) is 3.94. The number of amides is 1. The van der Waals surface area contributed by atoms with Crippen molar-refractivity contribution in [1.29, 1.82) is 0 Å². The Bertz CT molecular complexity index is 823. The number of aromatic carboxylic acids is 1. The Morgan fingerprint density at radius 3 is 2.52 bits per heavy atom. The number of nitrogens with one attached hydrogen (secondary N) is 1. The smallest absolute Gasteiger partial charge is 0.335 e.